The van der Waals surface area contributed by atoms with Gasteiger partial charge in [-0.15, -0.1) is 11.8 Å². The Morgan fingerprint density at radius 1 is 0.416 bits per heavy atom. The number of carbonyl (C=O) groups excluding carboxylic acids is 1. The van der Waals surface area contributed by atoms with Gasteiger partial charge in [0.15, 0.2) is 0 Å². The van der Waals surface area contributed by atoms with E-state index in [9.17, 15) is 4.79 Å². The van der Waals surface area contributed by atoms with Crippen LogP contribution in [0.25, 0.3) is 0 Å². The molecule has 2 unspecified atom stereocenters. The summed E-state index contributed by atoms with van der Waals surface area (Å²) in [7, 11) is 5.38. The van der Waals surface area contributed by atoms with Crippen molar-refractivity contribution in [3.05, 3.63) is 36.5 Å². The van der Waals surface area contributed by atoms with E-state index in [1.807, 2.05) is 21.1 Å². The number of hydrogen-bond donors (Lipinski definition) is 0. The Hall–Kier alpha value is -1.20. The summed E-state index contributed by atoms with van der Waals surface area (Å²) in [4.78, 5) is 11.6. The summed E-state index contributed by atoms with van der Waals surface area (Å²) in [5, 5.41) is 0. The smallest absolute Gasteiger partial charge is 0.132 e. The van der Waals surface area contributed by atoms with Crippen molar-refractivity contribution in [1.82, 2.24) is 0 Å². The van der Waals surface area contributed by atoms with Crippen LogP contribution in [-0.2, 0) is 14.3 Å². The third-order valence-corrected chi connectivity index (χ3v) is 18.6. The first-order valence-electron chi connectivity index (χ1n) is 38.3. The molecule has 0 aromatic heterocycles. The fraction of sp³-hybridized carbons (Fsp3) is 0.893. The molecule has 542 valence electrons. The lowest BCUT2D eigenvalue weighted by molar-refractivity contribution is -0.119. The van der Waals surface area contributed by atoms with Crippen LogP contribution in [0, 0.1) is 11.8 Å². The van der Waals surface area contributed by atoms with Gasteiger partial charge in [0.2, 0.25) is 0 Å². The highest BCUT2D eigenvalue weighted by atomic mass is 28.2. The van der Waals surface area contributed by atoms with Gasteiger partial charge < -0.3 is 9.47 Å². The molecule has 0 aromatic carbocycles. The van der Waals surface area contributed by atoms with Gasteiger partial charge in [0.1, 0.15) is 5.78 Å². The molecule has 2 atom stereocenters. The normalized spacial score (nSPS) is 11.4. The SMILES string of the molecule is C.C.C.C.C.C1=CCC=C1.CC#CCCCCCCCCC.CCCCCCCCCC(OC)C(CCCCCCC)OC.CCCCCCCCCC=CC[SiH3].CCCCCCCCCCC(=O)CCCCCCC.CCCCCCCCCC[SiH2]CC. The van der Waals surface area contributed by atoms with Crippen molar-refractivity contribution < 1.29 is 14.3 Å². The van der Waals surface area contributed by atoms with Crippen molar-refractivity contribution in [3.63, 3.8) is 0 Å². The number of rotatable bonds is 58. The van der Waals surface area contributed by atoms with E-state index in [-0.39, 0.29) is 49.3 Å². The maximum absolute atomic E-state index is 11.6. The zero-order valence-corrected chi connectivity index (χ0v) is 63.8. The number of allylic oxidation sites excluding steroid dienone is 6. The summed E-state index contributed by atoms with van der Waals surface area (Å²) in [6.45, 7) is 20.1. The van der Waals surface area contributed by atoms with Crippen molar-refractivity contribution in [3.8, 4) is 11.8 Å². The van der Waals surface area contributed by atoms with Gasteiger partial charge in [-0.25, -0.2) is 0 Å². The zero-order chi connectivity index (χ0) is 62.8. The summed E-state index contributed by atoms with van der Waals surface area (Å²) in [5.41, 5.74) is 0. The fourth-order valence-corrected chi connectivity index (χ4v) is 12.1. The average Bonchev–Trinajstić information content (AvgIpc) is 4.12. The maximum atomic E-state index is 11.6. The number of methoxy groups -OCH3 is 2. The lowest BCUT2D eigenvalue weighted by Crippen LogP contribution is -2.30. The molecule has 3 nitrogen and oxygen atoms in total. The molecule has 0 aromatic rings. The van der Waals surface area contributed by atoms with E-state index >= 15 is 0 Å². The molecule has 0 saturated heterocycles. The van der Waals surface area contributed by atoms with Crippen molar-refractivity contribution in [1.29, 1.82) is 0 Å². The summed E-state index contributed by atoms with van der Waals surface area (Å²) in [5.74, 6) is 6.53. The molecule has 1 aliphatic carbocycles. The van der Waals surface area contributed by atoms with E-state index < -0.39 is 0 Å². The summed E-state index contributed by atoms with van der Waals surface area (Å²) < 4.78 is 11.4. The summed E-state index contributed by atoms with van der Waals surface area (Å²) in [6, 6.07) is 4.44. The highest BCUT2D eigenvalue weighted by molar-refractivity contribution is 6.35. The molecule has 0 amide bonds. The highest BCUT2D eigenvalue weighted by Crippen LogP contribution is 2.20. The molecule has 0 radical (unpaired) electrons. The first-order valence-corrected chi connectivity index (χ1v) is 41.7. The van der Waals surface area contributed by atoms with Gasteiger partial charge in [-0.2, -0.15) is 0 Å². The number of ketones is 1. The van der Waals surface area contributed by atoms with Gasteiger partial charge in [-0.1, -0.05) is 417 Å². The fourth-order valence-electron chi connectivity index (χ4n) is 10.6. The van der Waals surface area contributed by atoms with E-state index in [0.717, 1.165) is 51.4 Å². The maximum Gasteiger partial charge on any atom is 0.132 e. The minimum Gasteiger partial charge on any atom is -0.379 e. The van der Waals surface area contributed by atoms with E-state index in [0.29, 0.717) is 15.3 Å². The summed E-state index contributed by atoms with van der Waals surface area (Å²) in [6.07, 6.45) is 85.7. The quantitative estimate of drug-likeness (QED) is 0.0263. The molecule has 0 bridgehead atoms. The van der Waals surface area contributed by atoms with Gasteiger partial charge >= 0.3 is 0 Å². The van der Waals surface area contributed by atoms with E-state index in [4.69, 9.17) is 9.47 Å². The Labute approximate surface area is 575 Å². The van der Waals surface area contributed by atoms with E-state index in [1.165, 1.54) is 318 Å². The first-order chi connectivity index (χ1) is 41.3. The van der Waals surface area contributed by atoms with Crippen molar-refractivity contribution in [2.24, 2.45) is 0 Å². The van der Waals surface area contributed by atoms with Crippen molar-refractivity contribution >= 4 is 25.5 Å². The molecule has 1 aliphatic rings. The van der Waals surface area contributed by atoms with Crippen molar-refractivity contribution in [2.75, 3.05) is 14.2 Å². The molecule has 0 fully saturated rings. The zero-order valence-electron chi connectivity index (χ0n) is 60.4. The Kier molecular flexibility index (Phi) is 137. The predicted molar refractivity (Wildman–Crippen MR) is 429 cm³/mol. The third kappa shape index (κ3) is 115. The number of Topliss-reactive ketones (excluding diaryl/α,β-unsaturated/α-hetero) is 1. The molecular formula is C84H180O3Si2. The molecule has 0 heterocycles. The lowest BCUT2D eigenvalue weighted by Gasteiger charge is -2.25. The topological polar surface area (TPSA) is 35.5 Å². The van der Waals surface area contributed by atoms with Gasteiger partial charge in [0.05, 0.1) is 12.2 Å². The Bertz CT molecular complexity index is 1250. The average molecular weight is 1290 g/mol. The van der Waals surface area contributed by atoms with Crippen LogP contribution in [-0.4, -0.2) is 52.0 Å². The van der Waals surface area contributed by atoms with Crippen LogP contribution in [0.5, 0.6) is 0 Å². The van der Waals surface area contributed by atoms with Gasteiger partial charge in [0, 0.05) is 53.2 Å². The van der Waals surface area contributed by atoms with Gasteiger partial charge in [0.25, 0.3) is 0 Å². The summed E-state index contributed by atoms with van der Waals surface area (Å²) >= 11 is 0. The van der Waals surface area contributed by atoms with Crippen molar-refractivity contribution in [2.45, 2.75) is 477 Å². The number of ether oxygens (including phenoxy) is 2. The molecule has 5 heteroatoms. The third-order valence-electron chi connectivity index (χ3n) is 16.4. The monoisotopic (exact) mass is 1290 g/mol. The van der Waals surface area contributed by atoms with E-state index in [2.05, 4.69) is 104 Å². The predicted octanol–water partition coefficient (Wildman–Crippen LogP) is 29.4. The van der Waals surface area contributed by atoms with E-state index in [1.54, 1.807) is 6.04 Å². The number of hydrogen-bond acceptors (Lipinski definition) is 3. The standard InChI is InChI=1S/C20H42O2.C18H36O.C12H28Si.C12H26Si.C12H22.C5H6.5CH4/c1-5-7-9-11-12-14-16-18-20(22-4)19(21-3)17-15-13-10-8-6-2;1-3-5-7-9-10-11-13-15-17-18(19)16-14-12-8-6-4-2;1-3-5-6-7-8-9-10-11-12-13-4-2;1-2-3-4-5-6-7-8-9-10-11-12-13;1-3-5-7-9-11-12-10-8-6-4-2;1-2-4-5-3-1;;;;;/h19-20H,5-18H2,1-4H3;3-17H2,1-2H3;3-13H2,1-2H3;10-11H,2-9,12H2,1,13H3;3,5,7-12H2,1-2H3;1-4H,5H2;5*1H4. The molecule has 89 heavy (non-hydrogen) atoms. The van der Waals surface area contributed by atoms with Gasteiger partial charge in [-0.05, 0) is 64.3 Å². The Morgan fingerprint density at radius 2 is 0.708 bits per heavy atom. The minimum absolute atomic E-state index is 0. The molecule has 0 N–H and O–H groups in total. The Morgan fingerprint density at radius 3 is 0.989 bits per heavy atom. The molecule has 0 saturated carbocycles. The van der Waals surface area contributed by atoms with Crippen LogP contribution < -0.4 is 0 Å². The van der Waals surface area contributed by atoms with Crippen LogP contribution in [0.15, 0.2) is 36.5 Å². The van der Waals surface area contributed by atoms with Crippen LogP contribution in [0.1, 0.15) is 446 Å². The minimum atomic E-state index is 0. The molecule has 1 rings (SSSR count). The highest BCUT2D eigenvalue weighted by Gasteiger charge is 2.20. The number of carbonyl (C=O) groups is 1. The first kappa shape index (κ1) is 109. The molecular weight excluding hydrogens is 1110 g/mol. The second-order valence-corrected chi connectivity index (χ2v) is 28.2. The van der Waals surface area contributed by atoms with Crippen LogP contribution in [0.2, 0.25) is 18.1 Å². The lowest BCUT2D eigenvalue weighted by atomic mass is 9.99. The van der Waals surface area contributed by atoms with Crippen LogP contribution >= 0.6 is 0 Å². The Balaban J connectivity index is -0.000000108. The van der Waals surface area contributed by atoms with Gasteiger partial charge in [-0.3, -0.25) is 4.79 Å². The molecule has 0 spiro atoms. The second-order valence-electron chi connectivity index (χ2n) is 25.0. The van der Waals surface area contributed by atoms with Crippen LogP contribution in [0.3, 0.4) is 0 Å². The van der Waals surface area contributed by atoms with Crippen LogP contribution in [0.4, 0.5) is 0 Å². The molecule has 0 aliphatic heterocycles. The second kappa shape index (κ2) is 111. The largest absolute Gasteiger partial charge is 0.379 e. The number of unbranched alkanes of at least 4 members (excludes halogenated alkanes) is 42.